The van der Waals surface area contributed by atoms with Crippen LogP contribution in [-0.4, -0.2) is 84.0 Å². The van der Waals surface area contributed by atoms with Crippen LogP contribution in [0.5, 0.6) is 0 Å². The summed E-state index contributed by atoms with van der Waals surface area (Å²) in [7, 11) is 0. The largest absolute Gasteiger partial charge is 0.461 e. The van der Waals surface area contributed by atoms with Crippen molar-refractivity contribution in [1.29, 1.82) is 0 Å². The van der Waals surface area contributed by atoms with E-state index in [4.69, 9.17) is 10.5 Å². The van der Waals surface area contributed by atoms with E-state index in [2.05, 4.69) is 10.6 Å². The Morgan fingerprint density at radius 2 is 1.08 bits per heavy atom. The lowest BCUT2D eigenvalue weighted by atomic mass is 9.87. The number of esters is 1. The first-order valence-corrected chi connectivity index (χ1v) is 17.9. The van der Waals surface area contributed by atoms with Crippen LogP contribution in [0, 0.1) is 11.8 Å². The van der Waals surface area contributed by atoms with Crippen molar-refractivity contribution in [2.24, 2.45) is 17.6 Å². The molecule has 346 valence electrons. The zero-order valence-electron chi connectivity index (χ0n) is 32.1. The highest BCUT2D eigenvalue weighted by atomic mass is 19.4. The van der Waals surface area contributed by atoms with E-state index in [1.807, 2.05) is 0 Å². The van der Waals surface area contributed by atoms with Gasteiger partial charge in [-0.3, -0.25) is 14.4 Å². The molecule has 0 saturated heterocycles. The highest BCUT2D eigenvalue weighted by molar-refractivity contribution is 5.82. The van der Waals surface area contributed by atoms with Gasteiger partial charge in [-0.15, -0.1) is 0 Å². The summed E-state index contributed by atoms with van der Waals surface area (Å²) < 4.78 is 236. The van der Waals surface area contributed by atoms with Gasteiger partial charge in [0.2, 0.25) is 11.8 Å². The molecular weight excluding hydrogens is 873 g/mol. The second kappa shape index (κ2) is 19.3. The van der Waals surface area contributed by atoms with Crippen LogP contribution in [0.3, 0.4) is 0 Å². The maximum absolute atomic E-state index is 14.4. The third-order valence-electron chi connectivity index (χ3n) is 9.32. The Hall–Kier alpha value is -4.38. The van der Waals surface area contributed by atoms with Gasteiger partial charge in [0.25, 0.3) is 0 Å². The molecule has 0 aliphatic carbocycles. The van der Waals surface area contributed by atoms with Gasteiger partial charge in [0.05, 0.1) is 12.3 Å². The van der Waals surface area contributed by atoms with Crippen LogP contribution >= 0.6 is 0 Å². The van der Waals surface area contributed by atoms with Crippen LogP contribution in [-0.2, 0) is 38.6 Å². The quantitative estimate of drug-likeness (QED) is 0.0808. The Balaban J connectivity index is 2.12. The molecule has 0 aliphatic rings. The molecule has 24 heteroatoms. The van der Waals surface area contributed by atoms with E-state index >= 15 is 0 Å². The van der Waals surface area contributed by atoms with E-state index in [1.54, 1.807) is 51.1 Å². The van der Waals surface area contributed by atoms with Crippen molar-refractivity contribution in [2.45, 2.75) is 119 Å². The van der Waals surface area contributed by atoms with Gasteiger partial charge in [-0.2, -0.15) is 74.6 Å². The normalized spacial score (nSPS) is 15.2. The second-order valence-electron chi connectivity index (χ2n) is 14.5. The molecule has 3 atom stereocenters. The minimum Gasteiger partial charge on any atom is -0.461 e. The molecule has 61 heavy (non-hydrogen) atoms. The zero-order chi connectivity index (χ0) is 47.2. The first kappa shape index (κ1) is 52.8. The number of benzene rings is 2. The molecule has 2 aromatic rings. The summed E-state index contributed by atoms with van der Waals surface area (Å²) in [6.45, 7) is 4.71. The highest BCUT2D eigenvalue weighted by Gasteiger charge is 2.95. The van der Waals surface area contributed by atoms with Crippen LogP contribution in [0.1, 0.15) is 56.7 Å². The van der Waals surface area contributed by atoms with Gasteiger partial charge in [-0.25, -0.2) is 0 Å². The van der Waals surface area contributed by atoms with E-state index in [-0.39, 0.29) is 36.8 Å². The number of hydrogen-bond donors (Lipinski definition) is 3. The van der Waals surface area contributed by atoms with E-state index in [0.29, 0.717) is 5.56 Å². The van der Waals surface area contributed by atoms with Gasteiger partial charge in [0, 0.05) is 31.5 Å². The lowest BCUT2D eigenvalue weighted by Crippen LogP contribution is -2.74. The van der Waals surface area contributed by atoms with Crippen LogP contribution in [0.25, 0.3) is 0 Å². The number of carbonyl (C=O) groups is 3. The van der Waals surface area contributed by atoms with Crippen LogP contribution in [0.4, 0.5) is 74.6 Å². The molecule has 4 N–H and O–H groups in total. The number of alkyl halides is 17. The first-order valence-electron chi connectivity index (χ1n) is 17.9. The predicted molar refractivity (Wildman–Crippen MR) is 182 cm³/mol. The summed E-state index contributed by atoms with van der Waals surface area (Å²) in [6.07, 6.45) is -12.4. The summed E-state index contributed by atoms with van der Waals surface area (Å²) >= 11 is 0. The maximum atomic E-state index is 14.4. The van der Waals surface area contributed by atoms with Gasteiger partial charge in [0.15, 0.2) is 0 Å². The average molecular weight is 914 g/mol. The molecule has 0 radical (unpaired) electrons. The fraction of sp³-hybridized carbons (Fsp3) is 0.595. The van der Waals surface area contributed by atoms with Gasteiger partial charge in [-0.05, 0) is 42.4 Å². The maximum Gasteiger partial charge on any atom is 0.460 e. The van der Waals surface area contributed by atoms with E-state index in [1.165, 1.54) is 0 Å². The van der Waals surface area contributed by atoms with E-state index in [9.17, 15) is 89.0 Å². The average Bonchev–Trinajstić information content (AvgIpc) is 3.12. The predicted octanol–water partition coefficient (Wildman–Crippen LogP) is 8.92. The molecule has 0 aromatic heterocycles. The first-order chi connectivity index (χ1) is 27.6. The molecule has 0 unspecified atom stereocenters. The van der Waals surface area contributed by atoms with Crippen LogP contribution in [0.2, 0.25) is 0 Å². The minimum absolute atomic E-state index is 0.0737. The van der Waals surface area contributed by atoms with Crippen molar-refractivity contribution in [2.75, 3.05) is 6.54 Å². The lowest BCUT2D eigenvalue weighted by Gasteiger charge is -2.42. The van der Waals surface area contributed by atoms with Crippen molar-refractivity contribution in [3.8, 4) is 0 Å². The molecule has 0 fully saturated rings. The summed E-state index contributed by atoms with van der Waals surface area (Å²) in [5.74, 6) is -59.2. The number of hydrogen-bond acceptors (Lipinski definition) is 5. The third-order valence-corrected chi connectivity index (χ3v) is 9.32. The topological polar surface area (TPSA) is 111 Å². The summed E-state index contributed by atoms with van der Waals surface area (Å²) in [5, 5.41) is 5.39. The second-order valence-corrected chi connectivity index (χ2v) is 14.5. The molecular formula is C37H40F17N3O4. The molecule has 0 bridgehead atoms. The fourth-order valence-electron chi connectivity index (χ4n) is 5.60. The van der Waals surface area contributed by atoms with Crippen molar-refractivity contribution >= 4 is 17.8 Å². The van der Waals surface area contributed by atoms with Gasteiger partial charge < -0.3 is 21.1 Å². The Labute approximate surface area is 336 Å². The van der Waals surface area contributed by atoms with E-state index in [0.717, 1.165) is 24.3 Å². The Bertz CT molecular complexity index is 1770. The van der Waals surface area contributed by atoms with Crippen molar-refractivity contribution in [3.05, 3.63) is 71.3 Å². The summed E-state index contributed by atoms with van der Waals surface area (Å²) in [6, 6.07) is 10.7. The van der Waals surface area contributed by atoms with E-state index < -0.39 is 109 Å². The van der Waals surface area contributed by atoms with Crippen LogP contribution < -0.4 is 16.4 Å². The molecule has 2 aromatic carbocycles. The Morgan fingerprint density at radius 3 is 1.56 bits per heavy atom. The molecule has 0 aliphatic heterocycles. The minimum atomic E-state index is -8.70. The molecule has 2 rings (SSSR count). The number of amides is 2. The van der Waals surface area contributed by atoms with Gasteiger partial charge in [0.1, 0.15) is 6.61 Å². The SMILES string of the molecule is CC(C)[C@H](CN)C(=O)N[C@H](C)CC(=O)N[C@H](CC(=O)OCc1ccc(CCC(F)(F)C(F)(F)C(F)(F)C(F)(F)C(F)(F)C(F)(F)C(F)(F)C(F)(F)F)cc1)Cc1ccccc1. The number of aryl methyl sites for hydroxylation is 1. The van der Waals surface area contributed by atoms with Gasteiger partial charge >= 0.3 is 53.6 Å². The molecule has 0 heterocycles. The number of rotatable bonds is 22. The molecule has 0 saturated carbocycles. The highest BCUT2D eigenvalue weighted by Crippen LogP contribution is 2.64. The van der Waals surface area contributed by atoms with Crippen molar-refractivity contribution in [1.82, 2.24) is 10.6 Å². The van der Waals surface area contributed by atoms with Crippen molar-refractivity contribution < 1.29 is 93.8 Å². The number of ether oxygens (including phenoxy) is 1. The monoisotopic (exact) mass is 913 g/mol. The number of nitrogens with one attached hydrogen (secondary N) is 2. The summed E-state index contributed by atoms with van der Waals surface area (Å²) in [4.78, 5) is 38.2. The molecule has 7 nitrogen and oxygen atoms in total. The number of nitrogens with two attached hydrogens (primary N) is 1. The number of halogens is 17. The van der Waals surface area contributed by atoms with Crippen molar-refractivity contribution in [3.63, 3.8) is 0 Å². The Kier molecular flexibility index (Phi) is 16.7. The standard InChI is InChI=1S/C37H40F17N3O4/c1-20(2)26(18-55)29(60)56-21(3)15-27(58)57-25(16-23-7-5-4-6-8-23)17-28(59)61-19-24-11-9-22(10-12-24)13-14-30(38,39)31(40,41)32(42,43)33(44,45)34(46,47)35(48,49)36(50,51)37(52,53)54/h4-12,20-21,25-26H,13-19,55H2,1-3H3,(H,56,60)(H,57,58)/t21-,25+,26+/m1/s1. The Morgan fingerprint density at radius 1 is 0.607 bits per heavy atom. The van der Waals surface area contributed by atoms with Crippen LogP contribution in [0.15, 0.2) is 54.6 Å². The molecule has 0 spiro atoms. The molecule has 2 amide bonds. The zero-order valence-corrected chi connectivity index (χ0v) is 32.1. The fourth-order valence-corrected chi connectivity index (χ4v) is 5.60. The lowest BCUT2D eigenvalue weighted by molar-refractivity contribution is -0.461. The summed E-state index contributed by atoms with van der Waals surface area (Å²) in [5.41, 5.74) is 5.96. The van der Waals surface area contributed by atoms with Gasteiger partial charge in [-0.1, -0.05) is 68.4 Å². The third kappa shape index (κ3) is 11.6. The smallest absolute Gasteiger partial charge is 0.460 e. The number of carbonyl (C=O) groups excluding carboxylic acids is 3.